The number of rotatable bonds is 3. The van der Waals surface area contributed by atoms with Crippen molar-refractivity contribution < 1.29 is 9.59 Å². The van der Waals surface area contributed by atoms with E-state index in [9.17, 15) is 9.59 Å². The van der Waals surface area contributed by atoms with Gasteiger partial charge in [-0.15, -0.1) is 0 Å². The van der Waals surface area contributed by atoms with Gasteiger partial charge in [0.25, 0.3) is 5.91 Å². The lowest BCUT2D eigenvalue weighted by Crippen LogP contribution is -2.38. The SMILES string of the molecule is CCC(C)CN1C(=O)CN(N)C1=O. The van der Waals surface area contributed by atoms with Crippen molar-refractivity contribution in [3.05, 3.63) is 0 Å². The summed E-state index contributed by atoms with van der Waals surface area (Å²) in [7, 11) is 0. The first kappa shape index (κ1) is 9.98. The molecule has 0 aromatic carbocycles. The van der Waals surface area contributed by atoms with Crippen molar-refractivity contribution >= 4 is 11.9 Å². The highest BCUT2D eigenvalue weighted by Gasteiger charge is 2.34. The number of hydrazine groups is 1. The molecule has 0 radical (unpaired) electrons. The second-order valence-corrected chi connectivity index (χ2v) is 3.43. The summed E-state index contributed by atoms with van der Waals surface area (Å²) in [4.78, 5) is 23.7. The highest BCUT2D eigenvalue weighted by atomic mass is 16.2. The molecule has 5 nitrogen and oxygen atoms in total. The maximum absolute atomic E-state index is 11.3. The zero-order chi connectivity index (χ0) is 10.0. The number of carbonyl (C=O) groups excluding carboxylic acids is 2. The Bertz CT molecular complexity index is 229. The Balaban J connectivity index is 2.59. The fraction of sp³-hybridized carbons (Fsp3) is 0.750. The van der Waals surface area contributed by atoms with Crippen LogP contribution in [0.2, 0.25) is 0 Å². The van der Waals surface area contributed by atoms with Gasteiger partial charge in [0.2, 0.25) is 0 Å². The molecule has 1 heterocycles. The van der Waals surface area contributed by atoms with E-state index in [1.807, 2.05) is 13.8 Å². The van der Waals surface area contributed by atoms with E-state index in [4.69, 9.17) is 5.84 Å². The lowest BCUT2D eigenvalue weighted by atomic mass is 10.1. The number of carbonyl (C=O) groups is 2. The van der Waals surface area contributed by atoms with Gasteiger partial charge in [0.1, 0.15) is 6.54 Å². The molecule has 0 aromatic rings. The van der Waals surface area contributed by atoms with Crippen LogP contribution in [0, 0.1) is 5.92 Å². The molecule has 1 aliphatic rings. The molecule has 1 saturated heterocycles. The Hall–Kier alpha value is -1.10. The van der Waals surface area contributed by atoms with E-state index in [1.165, 1.54) is 4.90 Å². The van der Waals surface area contributed by atoms with Gasteiger partial charge in [-0.3, -0.25) is 14.7 Å². The Morgan fingerprint density at radius 2 is 2.15 bits per heavy atom. The van der Waals surface area contributed by atoms with E-state index in [0.717, 1.165) is 11.4 Å². The van der Waals surface area contributed by atoms with Crippen LogP contribution in [-0.4, -0.2) is 34.9 Å². The molecule has 1 aliphatic heterocycles. The molecule has 0 aromatic heterocycles. The molecule has 0 saturated carbocycles. The predicted octanol–water partition coefficient (Wildman–Crippen LogP) is 0.170. The summed E-state index contributed by atoms with van der Waals surface area (Å²) in [6, 6.07) is -0.384. The van der Waals surface area contributed by atoms with E-state index in [2.05, 4.69) is 0 Å². The molecule has 1 atom stereocenters. The Morgan fingerprint density at radius 3 is 2.54 bits per heavy atom. The minimum Gasteiger partial charge on any atom is -0.272 e. The van der Waals surface area contributed by atoms with Crippen LogP contribution in [-0.2, 0) is 4.79 Å². The molecule has 74 valence electrons. The van der Waals surface area contributed by atoms with Gasteiger partial charge in [-0.05, 0) is 5.92 Å². The quantitative estimate of drug-likeness (QED) is 0.387. The molecule has 1 rings (SSSR count). The maximum atomic E-state index is 11.3. The number of nitrogens with zero attached hydrogens (tertiary/aromatic N) is 2. The summed E-state index contributed by atoms with van der Waals surface area (Å²) in [5.41, 5.74) is 0. The number of amides is 3. The minimum absolute atomic E-state index is 0.00919. The second-order valence-electron chi connectivity index (χ2n) is 3.43. The summed E-state index contributed by atoms with van der Waals surface area (Å²) in [5.74, 6) is 5.43. The maximum Gasteiger partial charge on any atom is 0.341 e. The van der Waals surface area contributed by atoms with Crippen molar-refractivity contribution in [2.75, 3.05) is 13.1 Å². The molecule has 2 N–H and O–H groups in total. The Kier molecular flexibility index (Phi) is 2.87. The summed E-state index contributed by atoms with van der Waals surface area (Å²) in [5, 5.41) is 0.949. The monoisotopic (exact) mass is 185 g/mol. The number of urea groups is 1. The fourth-order valence-corrected chi connectivity index (χ4v) is 1.18. The van der Waals surface area contributed by atoms with Gasteiger partial charge in [0, 0.05) is 6.54 Å². The predicted molar refractivity (Wildman–Crippen MR) is 47.5 cm³/mol. The first-order valence-electron chi connectivity index (χ1n) is 4.42. The standard InChI is InChI=1S/C8H15N3O2/c1-3-6(2)4-10-7(12)5-11(9)8(10)13/h6H,3-5,9H2,1-2H3. The normalized spacial score (nSPS) is 19.9. The molecule has 0 aliphatic carbocycles. The van der Waals surface area contributed by atoms with Crippen molar-refractivity contribution in [2.24, 2.45) is 11.8 Å². The van der Waals surface area contributed by atoms with Crippen molar-refractivity contribution in [2.45, 2.75) is 20.3 Å². The average molecular weight is 185 g/mol. The highest BCUT2D eigenvalue weighted by Crippen LogP contribution is 2.11. The van der Waals surface area contributed by atoms with Gasteiger partial charge in [0.15, 0.2) is 0 Å². The van der Waals surface area contributed by atoms with Crippen LogP contribution < -0.4 is 5.84 Å². The molecule has 5 heteroatoms. The third kappa shape index (κ3) is 1.98. The largest absolute Gasteiger partial charge is 0.341 e. The molecule has 13 heavy (non-hydrogen) atoms. The lowest BCUT2D eigenvalue weighted by molar-refractivity contribution is -0.125. The molecule has 0 bridgehead atoms. The highest BCUT2D eigenvalue weighted by molar-refractivity contribution is 6.01. The molecule has 1 fully saturated rings. The lowest BCUT2D eigenvalue weighted by Gasteiger charge is -2.17. The Morgan fingerprint density at radius 1 is 1.54 bits per heavy atom. The van der Waals surface area contributed by atoms with Gasteiger partial charge in [-0.25, -0.2) is 10.6 Å². The van der Waals surface area contributed by atoms with Crippen LogP contribution >= 0.6 is 0 Å². The van der Waals surface area contributed by atoms with E-state index < -0.39 is 0 Å². The molecule has 3 amide bonds. The van der Waals surface area contributed by atoms with Gasteiger partial charge < -0.3 is 0 Å². The van der Waals surface area contributed by atoms with Crippen LogP contribution in [0.15, 0.2) is 0 Å². The van der Waals surface area contributed by atoms with E-state index in [1.54, 1.807) is 0 Å². The van der Waals surface area contributed by atoms with Crippen molar-refractivity contribution in [3.8, 4) is 0 Å². The molecular formula is C8H15N3O2. The molecule has 1 unspecified atom stereocenters. The number of nitrogens with two attached hydrogens (primary N) is 1. The van der Waals surface area contributed by atoms with Gasteiger partial charge >= 0.3 is 6.03 Å². The molecular weight excluding hydrogens is 170 g/mol. The third-order valence-electron chi connectivity index (χ3n) is 2.27. The van der Waals surface area contributed by atoms with Crippen LogP contribution in [0.4, 0.5) is 4.79 Å². The number of imide groups is 1. The van der Waals surface area contributed by atoms with Crippen molar-refractivity contribution in [1.82, 2.24) is 9.91 Å². The summed E-state index contributed by atoms with van der Waals surface area (Å²) >= 11 is 0. The van der Waals surface area contributed by atoms with Crippen LogP contribution in [0.1, 0.15) is 20.3 Å². The smallest absolute Gasteiger partial charge is 0.272 e. The van der Waals surface area contributed by atoms with Crippen LogP contribution in [0.25, 0.3) is 0 Å². The van der Waals surface area contributed by atoms with Crippen LogP contribution in [0.3, 0.4) is 0 Å². The summed E-state index contributed by atoms with van der Waals surface area (Å²) < 4.78 is 0. The average Bonchev–Trinajstić information content (AvgIpc) is 2.32. The van der Waals surface area contributed by atoms with Gasteiger partial charge in [-0.2, -0.15) is 0 Å². The first-order chi connectivity index (χ1) is 6.06. The minimum atomic E-state index is -0.384. The van der Waals surface area contributed by atoms with Gasteiger partial charge in [0.05, 0.1) is 0 Å². The summed E-state index contributed by atoms with van der Waals surface area (Å²) in [6.45, 7) is 4.51. The first-order valence-corrected chi connectivity index (χ1v) is 4.42. The van der Waals surface area contributed by atoms with E-state index >= 15 is 0 Å². The Labute approximate surface area is 77.4 Å². The van der Waals surface area contributed by atoms with Crippen molar-refractivity contribution in [1.29, 1.82) is 0 Å². The fourth-order valence-electron chi connectivity index (χ4n) is 1.18. The number of hydrogen-bond donors (Lipinski definition) is 1. The number of hydrogen-bond acceptors (Lipinski definition) is 3. The van der Waals surface area contributed by atoms with Gasteiger partial charge in [-0.1, -0.05) is 20.3 Å². The molecule has 0 spiro atoms. The second kappa shape index (κ2) is 3.74. The van der Waals surface area contributed by atoms with E-state index in [0.29, 0.717) is 12.5 Å². The van der Waals surface area contributed by atoms with E-state index in [-0.39, 0.29) is 18.5 Å². The van der Waals surface area contributed by atoms with Crippen LogP contribution in [0.5, 0.6) is 0 Å². The zero-order valence-electron chi connectivity index (χ0n) is 7.99. The summed E-state index contributed by atoms with van der Waals surface area (Å²) in [6.07, 6.45) is 0.946. The zero-order valence-corrected chi connectivity index (χ0v) is 7.99. The topological polar surface area (TPSA) is 66.6 Å². The third-order valence-corrected chi connectivity index (χ3v) is 2.27. The van der Waals surface area contributed by atoms with Crippen molar-refractivity contribution in [3.63, 3.8) is 0 Å².